The molecule has 5 rings (SSSR count). The van der Waals surface area contributed by atoms with Crippen LogP contribution in [-0.2, 0) is 9.59 Å². The van der Waals surface area contributed by atoms with Crippen molar-refractivity contribution >= 4 is 40.1 Å². The van der Waals surface area contributed by atoms with Crippen LogP contribution < -0.4 is 29.6 Å². The third-order valence-corrected chi connectivity index (χ3v) is 10.00. The molecule has 196 valence electrons. The number of hydrogen-bond acceptors (Lipinski definition) is 6. The summed E-state index contributed by atoms with van der Waals surface area (Å²) in [6.45, 7) is 3.34. The van der Waals surface area contributed by atoms with Crippen LogP contribution >= 0.6 is 22.6 Å². The minimum atomic E-state index is -1.56. The van der Waals surface area contributed by atoms with E-state index in [0.717, 1.165) is 28.4 Å². The maximum absolute atomic E-state index is 12.4. The van der Waals surface area contributed by atoms with Gasteiger partial charge < -0.3 is 21.9 Å². The van der Waals surface area contributed by atoms with Crippen LogP contribution in [0.15, 0.2) is 48.1 Å². The number of carbonyl (C=O) groups excluding carboxylic acids is 2. The number of aliphatic hydroxyl groups excluding tert-OH is 2. The van der Waals surface area contributed by atoms with Crippen LogP contribution in [0.1, 0.15) is 57.7 Å². The fraction of sp³-hybridized carbons (Fsp3) is 0.536. The van der Waals surface area contributed by atoms with E-state index in [4.69, 9.17) is 5.11 Å². The molecule has 0 amide bonds. The molecule has 0 aliphatic heterocycles. The predicted molar refractivity (Wildman–Crippen MR) is 142 cm³/mol. The first kappa shape index (κ1) is 30.7. The zero-order valence-corrected chi connectivity index (χ0v) is 25.6. The number of hydrogen-bond donors (Lipinski definition) is 4. The molecule has 4 aliphatic rings. The average Bonchev–Trinajstić information content (AvgIpc) is 3.10. The van der Waals surface area contributed by atoms with Crippen LogP contribution in [0.25, 0.3) is 0 Å². The molecule has 9 heteroatoms. The summed E-state index contributed by atoms with van der Waals surface area (Å²) >= 11 is 2.08. The fourth-order valence-corrected chi connectivity index (χ4v) is 8.08. The topological polar surface area (TPSA) is 132 Å². The molecule has 1 aromatic rings. The van der Waals surface area contributed by atoms with Gasteiger partial charge in [-0.2, -0.15) is 0 Å². The maximum atomic E-state index is 12.4. The van der Waals surface area contributed by atoms with Gasteiger partial charge in [0.1, 0.15) is 12.2 Å². The third-order valence-electron chi connectivity index (χ3n) is 9.32. The summed E-state index contributed by atoms with van der Waals surface area (Å²) < 4.78 is 0.942. The van der Waals surface area contributed by atoms with E-state index < -0.39 is 35.5 Å². The zero-order chi connectivity index (χ0) is 26.5. The summed E-state index contributed by atoms with van der Waals surface area (Å²) in [5.74, 6) is -1.10. The van der Waals surface area contributed by atoms with Crippen molar-refractivity contribution in [1.82, 2.24) is 0 Å². The molecule has 4 N–H and O–H groups in total. The molecule has 7 nitrogen and oxygen atoms in total. The zero-order valence-electron chi connectivity index (χ0n) is 22.5. The SMILES string of the molecule is C[C@]12C=CC(=O)C=C1CC[C@@H]1[C@@H]2[C@@H](O)C[C@@]2(C)[C@H]1CC[C@]2(O)C(=O)CO.O=C(O)c1cccc(I)c1.[H-].[Na+]. The van der Waals surface area contributed by atoms with Gasteiger partial charge in [-0.25, -0.2) is 4.79 Å². The Balaban J connectivity index is 0.000000361. The van der Waals surface area contributed by atoms with Gasteiger partial charge in [-0.3, -0.25) is 9.59 Å². The summed E-state index contributed by atoms with van der Waals surface area (Å²) in [4.78, 5) is 34.5. The molecule has 3 saturated carbocycles. The molecule has 1 aromatic carbocycles. The number of aliphatic hydroxyl groups is 3. The van der Waals surface area contributed by atoms with Crippen molar-refractivity contribution in [1.29, 1.82) is 0 Å². The fourth-order valence-electron chi connectivity index (χ4n) is 7.54. The van der Waals surface area contributed by atoms with Crippen LogP contribution in [0.2, 0.25) is 0 Å². The molecule has 7 atom stereocenters. The number of aromatic carboxylic acids is 1. The molecule has 4 aliphatic carbocycles. The van der Waals surface area contributed by atoms with Crippen molar-refractivity contribution in [2.24, 2.45) is 28.6 Å². The van der Waals surface area contributed by atoms with Gasteiger partial charge in [-0.05, 0) is 96.9 Å². The quantitative estimate of drug-likeness (QED) is 0.285. The van der Waals surface area contributed by atoms with E-state index in [1.54, 1.807) is 30.4 Å². The second-order valence-corrected chi connectivity index (χ2v) is 12.3. The molecule has 0 bridgehead atoms. The number of halogens is 1. The maximum Gasteiger partial charge on any atom is 1.00 e. The Kier molecular flexibility index (Phi) is 9.37. The first-order valence-electron chi connectivity index (χ1n) is 12.3. The summed E-state index contributed by atoms with van der Waals surface area (Å²) in [6, 6.07) is 6.78. The van der Waals surface area contributed by atoms with E-state index in [0.29, 0.717) is 18.4 Å². The Bertz CT molecular complexity index is 1160. The van der Waals surface area contributed by atoms with Crippen LogP contribution in [0.3, 0.4) is 0 Å². The number of fused-ring (bicyclic) bond motifs is 5. The number of Topliss-reactive ketones (excluding diaryl/α,β-unsaturated/α-hetero) is 1. The number of allylic oxidation sites excluding steroid dienone is 4. The van der Waals surface area contributed by atoms with Crippen molar-refractivity contribution < 1.29 is 65.8 Å². The first-order chi connectivity index (χ1) is 16.9. The van der Waals surface area contributed by atoms with Crippen LogP contribution in [0, 0.1) is 32.2 Å². The van der Waals surface area contributed by atoms with Gasteiger partial charge in [0.2, 0.25) is 0 Å². The molecule has 0 heterocycles. The molecule has 3 fully saturated rings. The van der Waals surface area contributed by atoms with E-state index in [1.165, 1.54) is 0 Å². The molecule has 0 saturated heterocycles. The van der Waals surface area contributed by atoms with E-state index >= 15 is 0 Å². The van der Waals surface area contributed by atoms with Crippen LogP contribution in [-0.4, -0.2) is 56.3 Å². The van der Waals surface area contributed by atoms with Crippen molar-refractivity contribution in [3.05, 3.63) is 57.2 Å². The normalized spacial score (nSPS) is 37.6. The van der Waals surface area contributed by atoms with Gasteiger partial charge in [0.05, 0.1) is 11.7 Å². The molecule has 0 spiro atoms. The summed E-state index contributed by atoms with van der Waals surface area (Å²) in [6.07, 6.45) is 7.68. The van der Waals surface area contributed by atoms with Gasteiger partial charge >= 0.3 is 35.5 Å². The molecular weight excluding hydrogens is 598 g/mol. The minimum absolute atomic E-state index is 0. The van der Waals surface area contributed by atoms with Crippen LogP contribution in [0.5, 0.6) is 0 Å². The summed E-state index contributed by atoms with van der Waals surface area (Å²) in [5.41, 5.74) is -1.20. The van der Waals surface area contributed by atoms with E-state index in [9.17, 15) is 29.7 Å². The van der Waals surface area contributed by atoms with E-state index in [-0.39, 0.29) is 59.9 Å². The standard InChI is InChI=1S/C21H28O5.C7H5IO2.Na.H/c1-19-7-5-13(23)9-12(19)3-4-14-15-6-8-21(26,17(25)11-22)20(15,2)10-16(24)18(14)19;8-6-3-1-2-5(4-6)7(9)10;;/h5,7,9,14-16,18,22,24,26H,3-4,6,8,10-11H2,1-2H3;1-4H,(H,9,10);;/q;;+1;-1/t14-,15-,16-,18+,19-,20-,21-;;;/m0.../s1. The average molecular weight is 632 g/mol. The monoisotopic (exact) mass is 632 g/mol. The first-order valence-corrected chi connectivity index (χ1v) is 13.4. The number of benzene rings is 1. The third kappa shape index (κ3) is 5.19. The van der Waals surface area contributed by atoms with Gasteiger partial charge in [0.25, 0.3) is 0 Å². The molecule has 0 aromatic heterocycles. The Labute approximate surface area is 254 Å². The van der Waals surface area contributed by atoms with E-state index in [1.807, 2.05) is 19.1 Å². The molecule has 37 heavy (non-hydrogen) atoms. The Morgan fingerprint density at radius 1 is 1.22 bits per heavy atom. The van der Waals surface area contributed by atoms with Crippen molar-refractivity contribution in [3.8, 4) is 0 Å². The second-order valence-electron chi connectivity index (χ2n) is 11.0. The number of rotatable bonds is 3. The van der Waals surface area contributed by atoms with Crippen molar-refractivity contribution in [2.45, 2.75) is 57.7 Å². The largest absolute Gasteiger partial charge is 1.00 e. The Morgan fingerprint density at radius 2 is 1.92 bits per heavy atom. The molecule has 0 radical (unpaired) electrons. The van der Waals surface area contributed by atoms with Crippen LogP contribution in [0.4, 0.5) is 0 Å². The molecule has 0 unspecified atom stereocenters. The summed E-state index contributed by atoms with van der Waals surface area (Å²) in [7, 11) is 0. The summed E-state index contributed by atoms with van der Waals surface area (Å²) in [5, 5.41) is 40.2. The van der Waals surface area contributed by atoms with Crippen molar-refractivity contribution in [2.75, 3.05) is 6.61 Å². The smallest absolute Gasteiger partial charge is 1.00 e. The number of carboxylic acid groups (broad SMARTS) is 1. The molecular formula is C28H34INaO7. The predicted octanol–water partition coefficient (Wildman–Crippen LogP) is 0.664. The van der Waals surface area contributed by atoms with Gasteiger partial charge in [-0.15, -0.1) is 0 Å². The Morgan fingerprint density at radius 3 is 2.51 bits per heavy atom. The van der Waals surface area contributed by atoms with Gasteiger partial charge in [0, 0.05) is 20.3 Å². The van der Waals surface area contributed by atoms with E-state index in [2.05, 4.69) is 29.5 Å². The van der Waals surface area contributed by atoms with Gasteiger partial charge in [0.15, 0.2) is 11.6 Å². The second kappa shape index (κ2) is 11.3. The number of carboxylic acids is 1. The minimum Gasteiger partial charge on any atom is -1.00 e. The number of carbonyl (C=O) groups is 3. The number of ketones is 2. The Hall–Kier alpha value is -0.880. The van der Waals surface area contributed by atoms with Crippen molar-refractivity contribution in [3.63, 3.8) is 0 Å². The van der Waals surface area contributed by atoms with Gasteiger partial charge in [-0.1, -0.05) is 31.6 Å².